The molecule has 3 aromatic carbocycles. The van der Waals surface area contributed by atoms with Gasteiger partial charge in [-0.1, -0.05) is 18.2 Å². The Hall–Kier alpha value is -4.24. The molecular weight excluding hydrogens is 489 g/mol. The van der Waals surface area contributed by atoms with Crippen LogP contribution in [-0.2, 0) is 4.79 Å². The second-order valence-electron chi connectivity index (χ2n) is 9.94. The van der Waals surface area contributed by atoms with Gasteiger partial charge in [0.2, 0.25) is 0 Å². The number of ether oxygens (including phenoxy) is 1. The maximum atomic E-state index is 13.4. The van der Waals surface area contributed by atoms with Crippen LogP contribution in [0.4, 0.5) is 14.9 Å². The molecule has 0 bridgehead atoms. The third-order valence-electron chi connectivity index (χ3n) is 5.61. The second kappa shape index (κ2) is 12.8. The zero-order valence-corrected chi connectivity index (χ0v) is 21.7. The number of anilines is 1. The van der Waals surface area contributed by atoms with Crippen molar-refractivity contribution in [3.8, 4) is 11.5 Å². The SMILES string of the molecule is C[N+](C)(C)CC(CC(=O)[O-])NC(=O)N(CCC(=O)c1ccc(F)cc1)c1ccc(Oc2ccccc2)cc1. The van der Waals surface area contributed by atoms with E-state index in [-0.39, 0.29) is 25.2 Å². The minimum Gasteiger partial charge on any atom is -0.550 e. The van der Waals surface area contributed by atoms with Crippen molar-refractivity contribution in [2.45, 2.75) is 18.9 Å². The molecule has 0 radical (unpaired) electrons. The summed E-state index contributed by atoms with van der Waals surface area (Å²) in [5.41, 5.74) is 0.825. The fourth-order valence-electron chi connectivity index (χ4n) is 3.94. The first-order chi connectivity index (χ1) is 18.0. The molecule has 3 aromatic rings. The first-order valence-electron chi connectivity index (χ1n) is 12.2. The first-order valence-corrected chi connectivity index (χ1v) is 12.2. The summed E-state index contributed by atoms with van der Waals surface area (Å²) in [6, 6.07) is 20.0. The third-order valence-corrected chi connectivity index (χ3v) is 5.61. The van der Waals surface area contributed by atoms with Crippen LogP contribution in [0.5, 0.6) is 11.5 Å². The van der Waals surface area contributed by atoms with Gasteiger partial charge in [-0.15, -0.1) is 0 Å². The second-order valence-corrected chi connectivity index (χ2v) is 9.94. The molecule has 0 saturated heterocycles. The van der Waals surface area contributed by atoms with Gasteiger partial charge < -0.3 is 24.4 Å². The van der Waals surface area contributed by atoms with Gasteiger partial charge >= 0.3 is 6.03 Å². The van der Waals surface area contributed by atoms with Crippen LogP contribution in [0.15, 0.2) is 78.9 Å². The molecule has 1 unspecified atom stereocenters. The van der Waals surface area contributed by atoms with Crippen LogP contribution in [0.1, 0.15) is 23.2 Å². The lowest BCUT2D eigenvalue weighted by molar-refractivity contribution is -0.871. The number of benzene rings is 3. The summed E-state index contributed by atoms with van der Waals surface area (Å²) in [6.45, 7) is 0.370. The van der Waals surface area contributed by atoms with Gasteiger partial charge in [-0.2, -0.15) is 0 Å². The summed E-state index contributed by atoms with van der Waals surface area (Å²) in [7, 11) is 5.66. The van der Waals surface area contributed by atoms with Crippen LogP contribution >= 0.6 is 0 Å². The van der Waals surface area contributed by atoms with Crippen LogP contribution < -0.4 is 20.1 Å². The van der Waals surface area contributed by atoms with Crippen LogP contribution in [0.2, 0.25) is 0 Å². The molecule has 3 rings (SSSR count). The lowest BCUT2D eigenvalue weighted by atomic mass is 10.1. The van der Waals surface area contributed by atoms with E-state index in [1.165, 1.54) is 29.2 Å². The topological polar surface area (TPSA) is 98.8 Å². The number of rotatable bonds is 12. The molecule has 2 amide bonds. The number of ketones is 1. The molecule has 0 aliphatic heterocycles. The van der Waals surface area contributed by atoms with E-state index in [0.29, 0.717) is 33.8 Å². The Bertz CT molecular complexity index is 1230. The fraction of sp³-hybridized carbons (Fsp3) is 0.276. The average molecular weight is 522 g/mol. The van der Waals surface area contributed by atoms with Crippen molar-refractivity contribution < 1.29 is 33.1 Å². The van der Waals surface area contributed by atoms with E-state index < -0.39 is 23.9 Å². The Morgan fingerprint density at radius 2 is 1.53 bits per heavy atom. The van der Waals surface area contributed by atoms with Crippen molar-refractivity contribution in [1.29, 1.82) is 0 Å². The fourth-order valence-corrected chi connectivity index (χ4v) is 3.94. The number of amides is 2. The molecule has 0 aliphatic carbocycles. The Morgan fingerprint density at radius 1 is 0.921 bits per heavy atom. The number of carbonyl (C=O) groups is 3. The van der Waals surface area contributed by atoms with E-state index in [1.807, 2.05) is 51.5 Å². The van der Waals surface area contributed by atoms with Crippen molar-refractivity contribution in [2.24, 2.45) is 0 Å². The summed E-state index contributed by atoms with van der Waals surface area (Å²) in [6.07, 6.45) is -0.380. The minimum absolute atomic E-state index is 0.0172. The molecule has 200 valence electrons. The molecule has 1 N–H and O–H groups in total. The number of Topliss-reactive ketones (excluding diaryl/α,β-unsaturated/α-hetero) is 1. The molecule has 0 aliphatic rings. The van der Waals surface area contributed by atoms with Gasteiger partial charge in [-0.25, -0.2) is 9.18 Å². The number of nitrogens with one attached hydrogen (secondary N) is 1. The standard InChI is InChI=1S/C29H32FN3O5/c1-33(2,3)20-23(19-28(35)36)31-29(37)32(18-17-27(34)21-9-11-22(30)12-10-21)24-13-15-26(16-14-24)38-25-7-5-4-6-8-25/h4-16,23H,17-20H2,1-3H3,(H-,31,35,36,37). The number of likely N-dealkylation sites (N-methyl/N-ethyl adjacent to an activating group) is 1. The van der Waals surface area contributed by atoms with Gasteiger partial charge in [-0.3, -0.25) is 9.69 Å². The molecule has 0 fully saturated rings. The summed E-state index contributed by atoms with van der Waals surface area (Å²) in [4.78, 5) is 38.8. The van der Waals surface area contributed by atoms with Crippen molar-refractivity contribution >= 4 is 23.5 Å². The van der Waals surface area contributed by atoms with Gasteiger partial charge in [0.1, 0.15) is 17.3 Å². The molecule has 38 heavy (non-hydrogen) atoms. The molecule has 0 aromatic heterocycles. The molecule has 0 spiro atoms. The third kappa shape index (κ3) is 9.01. The maximum Gasteiger partial charge on any atom is 0.322 e. The lowest BCUT2D eigenvalue weighted by Gasteiger charge is -2.32. The Labute approximate surface area is 221 Å². The molecule has 0 saturated carbocycles. The quantitative estimate of drug-likeness (QED) is 0.290. The van der Waals surface area contributed by atoms with Crippen molar-refractivity contribution in [1.82, 2.24) is 5.32 Å². The number of halogens is 1. The number of hydrogen-bond donors (Lipinski definition) is 1. The van der Waals surface area contributed by atoms with E-state index in [1.54, 1.807) is 24.3 Å². The Kier molecular flexibility index (Phi) is 9.56. The van der Waals surface area contributed by atoms with Gasteiger partial charge in [-0.05, 0) is 60.7 Å². The lowest BCUT2D eigenvalue weighted by Crippen LogP contribution is -2.54. The highest BCUT2D eigenvalue weighted by Crippen LogP contribution is 2.25. The number of carboxylic acid groups (broad SMARTS) is 1. The number of hydrogen-bond acceptors (Lipinski definition) is 5. The number of carbonyl (C=O) groups excluding carboxylic acids is 3. The largest absolute Gasteiger partial charge is 0.550 e. The van der Waals surface area contributed by atoms with Gasteiger partial charge in [0.15, 0.2) is 5.78 Å². The highest BCUT2D eigenvalue weighted by atomic mass is 19.1. The van der Waals surface area contributed by atoms with Crippen molar-refractivity contribution in [3.05, 3.63) is 90.2 Å². The van der Waals surface area contributed by atoms with Gasteiger partial charge in [0.25, 0.3) is 0 Å². The number of carboxylic acids is 1. The Balaban J connectivity index is 1.80. The predicted molar refractivity (Wildman–Crippen MR) is 140 cm³/mol. The molecule has 9 heteroatoms. The number of para-hydroxylation sites is 1. The number of nitrogens with zero attached hydrogens (tertiary/aromatic N) is 2. The van der Waals surface area contributed by atoms with E-state index in [2.05, 4.69) is 5.32 Å². The van der Waals surface area contributed by atoms with Crippen LogP contribution in [-0.4, -0.2) is 62.5 Å². The monoisotopic (exact) mass is 521 g/mol. The highest BCUT2D eigenvalue weighted by molar-refractivity contribution is 5.98. The van der Waals surface area contributed by atoms with Crippen molar-refractivity contribution in [2.75, 3.05) is 39.1 Å². The zero-order valence-electron chi connectivity index (χ0n) is 21.7. The molecule has 0 heterocycles. The summed E-state index contributed by atoms with van der Waals surface area (Å²) in [5.74, 6) is -0.766. The summed E-state index contributed by atoms with van der Waals surface area (Å²) in [5, 5.41) is 14.1. The van der Waals surface area contributed by atoms with E-state index in [4.69, 9.17) is 4.74 Å². The summed E-state index contributed by atoms with van der Waals surface area (Å²) >= 11 is 0. The van der Waals surface area contributed by atoms with E-state index in [9.17, 15) is 23.9 Å². The average Bonchev–Trinajstić information content (AvgIpc) is 2.84. The number of urea groups is 1. The Morgan fingerprint density at radius 3 is 2.11 bits per heavy atom. The minimum atomic E-state index is -1.27. The van der Waals surface area contributed by atoms with Crippen LogP contribution in [0.3, 0.4) is 0 Å². The zero-order chi connectivity index (χ0) is 27.7. The predicted octanol–water partition coefficient (Wildman–Crippen LogP) is 3.62. The van der Waals surface area contributed by atoms with Gasteiger partial charge in [0.05, 0.1) is 33.7 Å². The molecule has 1 atom stereocenters. The normalized spacial score (nSPS) is 11.9. The number of aliphatic carboxylic acids is 1. The van der Waals surface area contributed by atoms with Crippen molar-refractivity contribution in [3.63, 3.8) is 0 Å². The van der Waals surface area contributed by atoms with Crippen LogP contribution in [0, 0.1) is 5.82 Å². The van der Waals surface area contributed by atoms with Crippen LogP contribution in [0.25, 0.3) is 0 Å². The maximum absolute atomic E-state index is 13.4. The van der Waals surface area contributed by atoms with E-state index in [0.717, 1.165) is 0 Å². The van der Waals surface area contributed by atoms with E-state index >= 15 is 0 Å². The summed E-state index contributed by atoms with van der Waals surface area (Å²) < 4.78 is 19.5. The first kappa shape index (κ1) is 28.3. The smallest absolute Gasteiger partial charge is 0.322 e. The number of quaternary nitrogens is 1. The molecule has 8 nitrogen and oxygen atoms in total. The van der Waals surface area contributed by atoms with Gasteiger partial charge in [0, 0.05) is 36.6 Å². The highest BCUT2D eigenvalue weighted by Gasteiger charge is 2.25. The molecular formula is C29H32FN3O5.